The minimum absolute atomic E-state index is 0.684. The second-order valence-corrected chi connectivity index (χ2v) is 7.57. The molecule has 0 saturated carbocycles. The molecule has 1 aromatic carbocycles. The molecule has 0 spiro atoms. The molecule has 1 rings (SSSR count). The van der Waals surface area contributed by atoms with Gasteiger partial charge in [-0.25, -0.2) is 0 Å². The smallest absolute Gasteiger partial charge is 0.0163 e. The zero-order valence-electron chi connectivity index (χ0n) is 15.2. The largest absolute Gasteiger partial charge is 0.122 e. The number of benzene rings is 1. The van der Waals surface area contributed by atoms with Crippen molar-refractivity contribution in [3.05, 3.63) is 65.8 Å². The summed E-state index contributed by atoms with van der Waals surface area (Å²) in [6.07, 6.45) is 14.2. The zero-order chi connectivity index (χ0) is 16.9. The van der Waals surface area contributed by atoms with Gasteiger partial charge in [0.1, 0.15) is 0 Å². The third-order valence-corrected chi connectivity index (χ3v) is 4.71. The molecule has 0 aliphatic carbocycles. The molecule has 1 aromatic rings. The lowest BCUT2D eigenvalue weighted by atomic mass is 10.0. The maximum absolute atomic E-state index is 2.38. The molecule has 0 N–H and O–H groups in total. The molecule has 0 bridgehead atoms. The molecule has 126 valence electrons. The third kappa shape index (κ3) is 11.0. The molecule has 1 atom stereocenters. The average Bonchev–Trinajstić information content (AvgIpc) is 2.52. The van der Waals surface area contributed by atoms with Gasteiger partial charge in [0.2, 0.25) is 0 Å². The van der Waals surface area contributed by atoms with Gasteiger partial charge in [0.15, 0.2) is 0 Å². The van der Waals surface area contributed by atoms with E-state index in [0.29, 0.717) is 5.92 Å². The van der Waals surface area contributed by atoms with Gasteiger partial charge in [-0.3, -0.25) is 0 Å². The van der Waals surface area contributed by atoms with Crippen molar-refractivity contribution in [2.45, 2.75) is 58.3 Å². The first kappa shape index (κ1) is 19.8. The van der Waals surface area contributed by atoms with Crippen molar-refractivity contribution in [1.82, 2.24) is 0 Å². The van der Waals surface area contributed by atoms with Crippen LogP contribution in [0.1, 0.15) is 53.4 Å². The fourth-order valence-electron chi connectivity index (χ4n) is 2.27. The number of hydrogen-bond donors (Lipinski definition) is 0. The van der Waals surface area contributed by atoms with E-state index in [4.69, 9.17) is 0 Å². The maximum Gasteiger partial charge on any atom is 0.0163 e. The predicted octanol–water partition coefficient (Wildman–Crippen LogP) is 7.44. The highest BCUT2D eigenvalue weighted by Gasteiger charge is 1.96. The van der Waals surface area contributed by atoms with Crippen molar-refractivity contribution < 1.29 is 0 Å². The Morgan fingerprint density at radius 3 is 2.48 bits per heavy atom. The highest BCUT2D eigenvalue weighted by atomic mass is 32.2. The van der Waals surface area contributed by atoms with Crippen molar-refractivity contribution in [3.63, 3.8) is 0 Å². The molecular formula is C22H32S. The Hall–Kier alpha value is -1.21. The van der Waals surface area contributed by atoms with E-state index in [1.165, 1.54) is 35.3 Å². The van der Waals surface area contributed by atoms with Crippen molar-refractivity contribution in [1.29, 1.82) is 0 Å². The molecule has 0 saturated heterocycles. The molecule has 0 aliphatic heterocycles. The molecule has 1 heteroatoms. The van der Waals surface area contributed by atoms with Gasteiger partial charge < -0.3 is 0 Å². The van der Waals surface area contributed by atoms with Gasteiger partial charge in [0.05, 0.1) is 0 Å². The molecule has 0 nitrogen and oxygen atoms in total. The van der Waals surface area contributed by atoms with Gasteiger partial charge in [-0.05, 0) is 64.5 Å². The summed E-state index contributed by atoms with van der Waals surface area (Å²) in [5, 5.41) is 0. The fraction of sp³-hybridized carbons (Fsp3) is 0.455. The fourth-order valence-corrected chi connectivity index (χ4v) is 3.18. The van der Waals surface area contributed by atoms with Crippen molar-refractivity contribution in [2.75, 3.05) is 5.75 Å². The summed E-state index contributed by atoms with van der Waals surface area (Å²) in [6, 6.07) is 10.6. The van der Waals surface area contributed by atoms with Gasteiger partial charge in [-0.2, -0.15) is 0 Å². The Labute approximate surface area is 147 Å². The van der Waals surface area contributed by atoms with Crippen LogP contribution in [0.4, 0.5) is 0 Å². The quantitative estimate of drug-likeness (QED) is 0.317. The molecular weight excluding hydrogens is 296 g/mol. The van der Waals surface area contributed by atoms with Gasteiger partial charge in [-0.15, -0.1) is 11.8 Å². The van der Waals surface area contributed by atoms with Gasteiger partial charge >= 0.3 is 0 Å². The SMILES string of the molecule is CC(C)=CCCC(C)C=CCC/C(C)=C/CSc1ccccc1. The van der Waals surface area contributed by atoms with Crippen LogP contribution in [0.5, 0.6) is 0 Å². The van der Waals surface area contributed by atoms with Crippen LogP contribution in [-0.2, 0) is 0 Å². The van der Waals surface area contributed by atoms with E-state index in [-0.39, 0.29) is 0 Å². The summed E-state index contributed by atoms with van der Waals surface area (Å²) in [5.41, 5.74) is 2.92. The van der Waals surface area contributed by atoms with E-state index >= 15 is 0 Å². The molecule has 0 amide bonds. The van der Waals surface area contributed by atoms with Crippen molar-refractivity contribution in [3.8, 4) is 0 Å². The monoisotopic (exact) mass is 328 g/mol. The Bertz CT molecular complexity index is 504. The van der Waals surface area contributed by atoms with Crippen LogP contribution >= 0.6 is 11.8 Å². The summed E-state index contributed by atoms with van der Waals surface area (Å²) >= 11 is 1.90. The lowest BCUT2D eigenvalue weighted by Gasteiger charge is -2.04. The second kappa shape index (κ2) is 12.2. The summed E-state index contributed by atoms with van der Waals surface area (Å²) in [5.74, 6) is 1.75. The van der Waals surface area contributed by atoms with Crippen LogP contribution in [-0.4, -0.2) is 5.75 Å². The average molecular weight is 329 g/mol. The third-order valence-electron chi connectivity index (χ3n) is 3.77. The summed E-state index contributed by atoms with van der Waals surface area (Å²) in [6.45, 7) is 8.91. The molecule has 0 radical (unpaired) electrons. The Morgan fingerprint density at radius 1 is 1.04 bits per heavy atom. The lowest BCUT2D eigenvalue weighted by molar-refractivity contribution is 0.653. The number of rotatable bonds is 10. The molecule has 0 aliphatic rings. The van der Waals surface area contributed by atoms with Gasteiger partial charge in [-0.1, -0.05) is 60.6 Å². The van der Waals surface area contributed by atoms with Crippen LogP contribution < -0.4 is 0 Å². The van der Waals surface area contributed by atoms with E-state index in [0.717, 1.165) is 12.2 Å². The summed E-state index contributed by atoms with van der Waals surface area (Å²) in [4.78, 5) is 1.35. The summed E-state index contributed by atoms with van der Waals surface area (Å²) in [7, 11) is 0. The Kier molecular flexibility index (Phi) is 10.6. The Balaban J connectivity index is 2.17. The standard InChI is InChI=1S/C22H32S/c1-19(2)11-10-14-20(3)12-8-9-13-21(4)17-18-23-22-15-6-5-7-16-22/h5-8,11-12,15-17,20H,9-10,13-14,18H2,1-4H3/b12-8?,21-17+. The Morgan fingerprint density at radius 2 is 1.78 bits per heavy atom. The van der Waals surface area contributed by atoms with E-state index in [1.807, 2.05) is 11.8 Å². The van der Waals surface area contributed by atoms with Crippen LogP contribution in [0.2, 0.25) is 0 Å². The lowest BCUT2D eigenvalue weighted by Crippen LogP contribution is -1.88. The highest BCUT2D eigenvalue weighted by molar-refractivity contribution is 7.99. The maximum atomic E-state index is 2.38. The van der Waals surface area contributed by atoms with Crippen molar-refractivity contribution >= 4 is 11.8 Å². The van der Waals surface area contributed by atoms with Gasteiger partial charge in [0.25, 0.3) is 0 Å². The normalized spacial score (nSPS) is 13.3. The predicted molar refractivity (Wildman–Crippen MR) is 107 cm³/mol. The van der Waals surface area contributed by atoms with Crippen LogP contribution in [0, 0.1) is 5.92 Å². The molecule has 0 aromatic heterocycles. The first-order valence-electron chi connectivity index (χ1n) is 8.71. The minimum atomic E-state index is 0.684. The van der Waals surface area contributed by atoms with Gasteiger partial charge in [0, 0.05) is 10.6 Å². The van der Waals surface area contributed by atoms with Crippen LogP contribution in [0.15, 0.2) is 70.7 Å². The van der Waals surface area contributed by atoms with E-state index in [2.05, 4.69) is 82.3 Å². The van der Waals surface area contributed by atoms with E-state index < -0.39 is 0 Å². The summed E-state index contributed by atoms with van der Waals surface area (Å²) < 4.78 is 0. The number of thioether (sulfide) groups is 1. The minimum Gasteiger partial charge on any atom is -0.122 e. The van der Waals surface area contributed by atoms with Crippen LogP contribution in [0.25, 0.3) is 0 Å². The second-order valence-electron chi connectivity index (χ2n) is 6.48. The number of hydrogen-bond acceptors (Lipinski definition) is 1. The van der Waals surface area contributed by atoms with Crippen LogP contribution in [0.3, 0.4) is 0 Å². The molecule has 0 heterocycles. The topological polar surface area (TPSA) is 0 Å². The van der Waals surface area contributed by atoms with E-state index in [1.54, 1.807) is 0 Å². The first-order valence-corrected chi connectivity index (χ1v) is 9.70. The highest BCUT2D eigenvalue weighted by Crippen LogP contribution is 2.18. The first-order chi connectivity index (χ1) is 11.1. The van der Waals surface area contributed by atoms with E-state index in [9.17, 15) is 0 Å². The van der Waals surface area contributed by atoms with Crippen molar-refractivity contribution in [2.24, 2.45) is 5.92 Å². The molecule has 0 fully saturated rings. The molecule has 1 unspecified atom stereocenters. The number of allylic oxidation sites excluding steroid dienone is 5. The zero-order valence-corrected chi connectivity index (χ0v) is 16.0. The molecule has 23 heavy (non-hydrogen) atoms.